The van der Waals surface area contributed by atoms with Gasteiger partial charge in [-0.05, 0) is 75.2 Å². The Balaban J connectivity index is 0.00000456. The van der Waals surface area contributed by atoms with Crippen LogP contribution in [0.2, 0.25) is 0 Å². The molecule has 6 nitrogen and oxygen atoms in total. The number of nitrogens with zero attached hydrogens (tertiary/aromatic N) is 5. The average molecular weight is 1010 g/mol. The summed E-state index contributed by atoms with van der Waals surface area (Å²) >= 11 is 0. The van der Waals surface area contributed by atoms with Gasteiger partial charge in [0.2, 0.25) is 0 Å². The molecule has 0 bridgehead atoms. The summed E-state index contributed by atoms with van der Waals surface area (Å²) in [5.74, 6) is 2.03. The van der Waals surface area contributed by atoms with Gasteiger partial charge in [-0.25, -0.2) is 4.98 Å². The predicted molar refractivity (Wildman–Crippen MR) is 260 cm³/mol. The molecule has 0 saturated carbocycles. The molecule has 0 unspecified atom stereocenters. The van der Waals surface area contributed by atoms with Crippen molar-refractivity contribution in [1.82, 2.24) is 14.1 Å². The van der Waals surface area contributed by atoms with Crippen molar-refractivity contribution in [2.45, 2.75) is 26.2 Å². The van der Waals surface area contributed by atoms with Crippen molar-refractivity contribution in [1.29, 1.82) is 0 Å². The van der Waals surface area contributed by atoms with E-state index in [4.69, 9.17) is 9.72 Å². The van der Waals surface area contributed by atoms with Crippen LogP contribution in [-0.4, -0.2) is 14.1 Å². The minimum Gasteiger partial charge on any atom is -0.509 e. The minimum atomic E-state index is -0.157. The number of fused-ring (bicyclic) bond motifs is 8. The van der Waals surface area contributed by atoms with Gasteiger partial charge in [-0.2, -0.15) is 6.07 Å². The molecule has 0 radical (unpaired) electrons. The molecule has 8 aromatic carbocycles. The Morgan fingerprint density at radius 2 is 1.22 bits per heavy atom. The van der Waals surface area contributed by atoms with Crippen molar-refractivity contribution in [3.63, 3.8) is 0 Å². The molecule has 0 fully saturated rings. The van der Waals surface area contributed by atoms with Gasteiger partial charge >= 0.3 is 0 Å². The van der Waals surface area contributed by atoms with E-state index in [0.29, 0.717) is 11.5 Å². The Morgan fingerprint density at radius 3 is 1.98 bits per heavy atom. The summed E-state index contributed by atoms with van der Waals surface area (Å²) in [5.41, 5.74) is 11.7. The zero-order valence-corrected chi connectivity index (χ0v) is 38.1. The molecule has 12 rings (SSSR count). The number of pyridine rings is 1. The molecule has 1 aliphatic rings. The Labute approximate surface area is 386 Å². The van der Waals surface area contributed by atoms with Crippen LogP contribution >= 0.6 is 0 Å². The number of hydrogen-bond donors (Lipinski definition) is 0. The summed E-state index contributed by atoms with van der Waals surface area (Å²) in [4.78, 5) is 9.63. The maximum Gasteiger partial charge on any atom is 0.137 e. The number of para-hydroxylation sites is 3. The van der Waals surface area contributed by atoms with Gasteiger partial charge in [0.25, 0.3) is 0 Å². The SMILES string of the molecule is Cn1c2cc(-n3c4[c-]c(Oc5[c-]c(N6[CH-]N(c7ccccc7)c7ccccc76)cc(C(C)(C)C)c5)ccc4c4cc(-c5ccccc5)ccc43)ncc2c2cc3ccccc3cc21.[Pt]. The molecule has 11 aromatic rings. The van der Waals surface area contributed by atoms with E-state index < -0.39 is 0 Å². The smallest absolute Gasteiger partial charge is 0.137 e. The normalized spacial score (nSPS) is 12.8. The van der Waals surface area contributed by atoms with E-state index in [2.05, 4.69) is 223 Å². The number of anilines is 4. The van der Waals surface area contributed by atoms with Gasteiger partial charge in [-0.15, -0.1) is 53.6 Å². The molecule has 0 amide bonds. The Bertz CT molecular complexity index is 3590. The van der Waals surface area contributed by atoms with Crippen LogP contribution < -0.4 is 14.5 Å². The third kappa shape index (κ3) is 6.55. The summed E-state index contributed by atoms with van der Waals surface area (Å²) in [5, 5.41) is 6.94. The molecule has 0 atom stereocenters. The zero-order valence-electron chi connectivity index (χ0n) is 35.8. The number of rotatable bonds is 6. The van der Waals surface area contributed by atoms with Crippen LogP contribution in [0.5, 0.6) is 11.5 Å². The first-order valence-electron chi connectivity index (χ1n) is 21.4. The first kappa shape index (κ1) is 39.7. The van der Waals surface area contributed by atoms with Crippen LogP contribution in [0.3, 0.4) is 0 Å². The van der Waals surface area contributed by atoms with Crippen molar-refractivity contribution in [3.8, 4) is 28.4 Å². The molecule has 0 saturated heterocycles. The fourth-order valence-corrected chi connectivity index (χ4v) is 9.29. The van der Waals surface area contributed by atoms with Gasteiger partial charge in [0.1, 0.15) is 5.82 Å². The van der Waals surface area contributed by atoms with Crippen molar-refractivity contribution < 1.29 is 25.8 Å². The van der Waals surface area contributed by atoms with Gasteiger partial charge in [-0.3, -0.25) is 0 Å². The fourth-order valence-electron chi connectivity index (χ4n) is 9.29. The third-order valence-corrected chi connectivity index (χ3v) is 12.6. The molecule has 7 heteroatoms. The molecule has 1 aliphatic heterocycles. The van der Waals surface area contributed by atoms with E-state index in [1.54, 1.807) is 0 Å². The number of hydrogen-bond acceptors (Lipinski definition) is 4. The van der Waals surface area contributed by atoms with Crippen LogP contribution in [0, 0.1) is 18.8 Å². The average Bonchev–Trinajstić information content (AvgIpc) is 3.95. The van der Waals surface area contributed by atoms with E-state index in [-0.39, 0.29) is 26.5 Å². The third-order valence-electron chi connectivity index (χ3n) is 12.6. The quantitative estimate of drug-likeness (QED) is 0.156. The van der Waals surface area contributed by atoms with Crippen molar-refractivity contribution >= 4 is 77.1 Å². The summed E-state index contributed by atoms with van der Waals surface area (Å²) in [6, 6.07) is 67.4. The Morgan fingerprint density at radius 1 is 0.547 bits per heavy atom. The van der Waals surface area contributed by atoms with Crippen molar-refractivity contribution in [3.05, 3.63) is 200 Å². The van der Waals surface area contributed by atoms with Gasteiger partial charge in [0, 0.05) is 90.7 Å². The predicted octanol–water partition coefficient (Wildman–Crippen LogP) is 14.7. The van der Waals surface area contributed by atoms with Gasteiger partial charge in [0.05, 0.1) is 5.52 Å². The maximum absolute atomic E-state index is 6.87. The van der Waals surface area contributed by atoms with E-state index in [1.807, 2.05) is 18.3 Å². The second-order valence-electron chi connectivity index (χ2n) is 17.5. The molecular formula is C57H42N5OPt-3. The van der Waals surface area contributed by atoms with E-state index in [0.717, 1.165) is 72.4 Å². The summed E-state index contributed by atoms with van der Waals surface area (Å²) in [7, 11) is 2.15. The largest absolute Gasteiger partial charge is 0.509 e. The first-order chi connectivity index (χ1) is 30.7. The minimum absolute atomic E-state index is 0. The fraction of sp³-hybridized carbons (Fsp3) is 0.0877. The maximum atomic E-state index is 6.87. The molecule has 0 aliphatic carbocycles. The molecule has 3 aromatic heterocycles. The standard InChI is InChI=1S/C57H42N5O.Pt/c1-57(2,3)41-30-43(61-36-60(42-19-9-6-10-20-42)51-21-13-14-22-52(51)61)32-45(31-41)63-44-24-25-46-47-28-40(37-15-7-5-8-16-37)23-26-50(47)62(55(46)33-44)56-34-54-49(35-58-56)48-27-38-17-11-12-18-39(38)29-53(48)59(54)4;/h5-31,34-36H,1-4H3;/q-3;. The van der Waals surface area contributed by atoms with Crippen LogP contribution in [0.4, 0.5) is 22.7 Å². The number of ether oxygens (including phenoxy) is 1. The van der Waals surface area contributed by atoms with Crippen LogP contribution in [0.25, 0.3) is 71.3 Å². The van der Waals surface area contributed by atoms with Crippen molar-refractivity contribution in [2.24, 2.45) is 7.05 Å². The Hall–Kier alpha value is -7.14. The van der Waals surface area contributed by atoms with Gasteiger partial charge in [-0.1, -0.05) is 123 Å². The zero-order chi connectivity index (χ0) is 42.4. The number of benzene rings is 8. The van der Waals surface area contributed by atoms with E-state index >= 15 is 0 Å². The van der Waals surface area contributed by atoms with E-state index in [9.17, 15) is 0 Å². The van der Waals surface area contributed by atoms with Gasteiger partial charge in [0.15, 0.2) is 0 Å². The summed E-state index contributed by atoms with van der Waals surface area (Å²) < 4.78 is 11.4. The summed E-state index contributed by atoms with van der Waals surface area (Å²) in [6.45, 7) is 8.84. The molecule has 0 N–H and O–H groups in total. The molecular weight excluding hydrogens is 966 g/mol. The van der Waals surface area contributed by atoms with Gasteiger partial charge < -0.3 is 23.7 Å². The first-order valence-corrected chi connectivity index (χ1v) is 21.4. The monoisotopic (exact) mass is 1010 g/mol. The summed E-state index contributed by atoms with van der Waals surface area (Å²) in [6.07, 6.45) is 2.03. The second-order valence-corrected chi connectivity index (χ2v) is 17.5. The molecule has 314 valence electrons. The topological polar surface area (TPSA) is 38.5 Å². The van der Waals surface area contributed by atoms with Crippen LogP contribution in [0.1, 0.15) is 26.3 Å². The molecule has 4 heterocycles. The molecule has 0 spiro atoms. The van der Waals surface area contributed by atoms with Crippen molar-refractivity contribution in [2.75, 3.05) is 9.80 Å². The second kappa shape index (κ2) is 15.3. The number of aromatic nitrogens is 3. The number of aryl methyl sites for hydroxylation is 1. The van der Waals surface area contributed by atoms with Crippen LogP contribution in [0.15, 0.2) is 176 Å². The van der Waals surface area contributed by atoms with Crippen LogP contribution in [-0.2, 0) is 33.5 Å². The molecule has 64 heavy (non-hydrogen) atoms. The van der Waals surface area contributed by atoms with E-state index in [1.165, 1.54) is 27.2 Å². The Kier molecular flexibility index (Phi) is 9.48.